The molecule has 5 N–H and O–H groups in total. The Labute approximate surface area is 126 Å². The number of nitrogen functional groups attached to an aromatic ring is 1. The van der Waals surface area contributed by atoms with E-state index in [9.17, 15) is 5.11 Å². The molecule has 1 aromatic rings. The van der Waals surface area contributed by atoms with Crippen LogP contribution in [-0.2, 0) is 5.41 Å². The topological polar surface area (TPSA) is 96.1 Å². The Kier molecular flexibility index (Phi) is 5.00. The predicted octanol–water partition coefficient (Wildman–Crippen LogP) is 2.02. The first-order valence-electron chi connectivity index (χ1n) is 7.67. The first kappa shape index (κ1) is 16.0. The number of aliphatic hydroxyl groups excluding tert-OH is 1. The van der Waals surface area contributed by atoms with Gasteiger partial charge in [0.2, 0.25) is 0 Å². The average Bonchev–Trinajstić information content (AvgIpc) is 2.46. The van der Waals surface area contributed by atoms with Gasteiger partial charge in [0.1, 0.15) is 17.5 Å². The summed E-state index contributed by atoms with van der Waals surface area (Å²) in [4.78, 5) is 9.03. The summed E-state index contributed by atoms with van der Waals surface area (Å²) in [5.74, 6) is 7.93. The van der Waals surface area contributed by atoms with Crippen molar-refractivity contribution in [2.75, 3.05) is 17.3 Å². The van der Waals surface area contributed by atoms with Crippen LogP contribution in [0, 0.1) is 5.92 Å². The highest BCUT2D eigenvalue weighted by Gasteiger charge is 2.26. The van der Waals surface area contributed by atoms with Crippen LogP contribution in [0.4, 0.5) is 11.6 Å². The van der Waals surface area contributed by atoms with Crippen molar-refractivity contribution in [3.8, 4) is 0 Å². The molecule has 0 aromatic carbocycles. The number of nitrogens with zero attached hydrogens (tertiary/aromatic N) is 2. The third-order valence-electron chi connectivity index (χ3n) is 4.02. The minimum atomic E-state index is -0.147. The maximum absolute atomic E-state index is 9.52. The molecule has 0 bridgehead atoms. The van der Waals surface area contributed by atoms with Crippen molar-refractivity contribution < 1.29 is 5.11 Å². The highest BCUT2D eigenvalue weighted by Crippen LogP contribution is 2.28. The lowest BCUT2D eigenvalue weighted by molar-refractivity contribution is 0.178. The monoisotopic (exact) mass is 293 g/mol. The van der Waals surface area contributed by atoms with Crippen molar-refractivity contribution in [3.63, 3.8) is 0 Å². The van der Waals surface area contributed by atoms with Gasteiger partial charge in [-0.15, -0.1) is 0 Å². The molecule has 1 fully saturated rings. The molecule has 6 heteroatoms. The van der Waals surface area contributed by atoms with Crippen LogP contribution < -0.4 is 16.6 Å². The molecule has 2 rings (SSSR count). The number of nitrogens with one attached hydrogen (secondary N) is 2. The summed E-state index contributed by atoms with van der Waals surface area (Å²) >= 11 is 0. The zero-order chi connectivity index (χ0) is 15.5. The summed E-state index contributed by atoms with van der Waals surface area (Å²) in [6, 6.07) is 2.08. The summed E-state index contributed by atoms with van der Waals surface area (Å²) in [7, 11) is 0. The fraction of sp³-hybridized carbons (Fsp3) is 0.733. The van der Waals surface area contributed by atoms with Gasteiger partial charge in [-0.3, -0.25) is 0 Å². The lowest BCUT2D eigenvalue weighted by atomic mass is 9.85. The number of nitrogens with two attached hydrogens (primary N) is 1. The van der Waals surface area contributed by atoms with Crippen molar-refractivity contribution >= 4 is 11.6 Å². The van der Waals surface area contributed by atoms with Gasteiger partial charge in [0.05, 0.1) is 0 Å². The highest BCUT2D eigenvalue weighted by molar-refractivity contribution is 5.48. The molecule has 1 saturated carbocycles. The Morgan fingerprint density at radius 2 is 1.90 bits per heavy atom. The molecule has 0 amide bonds. The van der Waals surface area contributed by atoms with E-state index in [4.69, 9.17) is 5.84 Å². The second kappa shape index (κ2) is 6.58. The summed E-state index contributed by atoms with van der Waals surface area (Å²) in [5, 5.41) is 13.0. The van der Waals surface area contributed by atoms with E-state index in [1.165, 1.54) is 12.8 Å². The molecule has 1 aromatic heterocycles. The Morgan fingerprint density at radius 1 is 1.24 bits per heavy atom. The number of hydrogen-bond donors (Lipinski definition) is 4. The minimum absolute atomic E-state index is 0.147. The highest BCUT2D eigenvalue weighted by atomic mass is 16.3. The smallest absolute Gasteiger partial charge is 0.145 e. The number of hydrazine groups is 1. The molecule has 1 heterocycles. The molecular formula is C15H27N5O. The van der Waals surface area contributed by atoms with E-state index in [0.29, 0.717) is 11.7 Å². The Morgan fingerprint density at radius 3 is 2.52 bits per heavy atom. The lowest BCUT2D eigenvalue weighted by Gasteiger charge is -2.31. The van der Waals surface area contributed by atoms with Gasteiger partial charge in [0.25, 0.3) is 0 Å². The molecule has 0 saturated heterocycles. The Balaban J connectivity index is 2.22. The van der Waals surface area contributed by atoms with Crippen LogP contribution in [-0.4, -0.2) is 27.7 Å². The largest absolute Gasteiger partial charge is 0.396 e. The van der Waals surface area contributed by atoms with E-state index < -0.39 is 0 Å². The predicted molar refractivity (Wildman–Crippen MR) is 85.0 cm³/mol. The summed E-state index contributed by atoms with van der Waals surface area (Å²) in [5.41, 5.74) is 2.46. The van der Waals surface area contributed by atoms with Crippen molar-refractivity contribution in [2.24, 2.45) is 11.8 Å². The normalized spacial score (nSPS) is 22.9. The SMILES string of the molecule is CC(C)(C)c1nc(NN)cc(NC2CCCCC2CO)n1. The number of rotatable bonds is 4. The third-order valence-corrected chi connectivity index (χ3v) is 4.02. The first-order chi connectivity index (χ1) is 9.94. The van der Waals surface area contributed by atoms with Crippen molar-refractivity contribution in [2.45, 2.75) is 57.9 Å². The van der Waals surface area contributed by atoms with E-state index in [0.717, 1.165) is 24.5 Å². The molecule has 0 aliphatic heterocycles. The number of aromatic nitrogens is 2. The fourth-order valence-corrected chi connectivity index (χ4v) is 2.74. The van der Waals surface area contributed by atoms with Gasteiger partial charge in [-0.1, -0.05) is 33.6 Å². The van der Waals surface area contributed by atoms with E-state index >= 15 is 0 Å². The summed E-state index contributed by atoms with van der Waals surface area (Å²) < 4.78 is 0. The van der Waals surface area contributed by atoms with Crippen molar-refractivity contribution in [1.29, 1.82) is 0 Å². The Hall–Kier alpha value is -1.40. The van der Waals surface area contributed by atoms with Crippen LogP contribution in [0.25, 0.3) is 0 Å². The van der Waals surface area contributed by atoms with Gasteiger partial charge >= 0.3 is 0 Å². The zero-order valence-corrected chi connectivity index (χ0v) is 13.2. The van der Waals surface area contributed by atoms with Crippen LogP contribution in [0.1, 0.15) is 52.3 Å². The van der Waals surface area contributed by atoms with Crippen LogP contribution in [0.2, 0.25) is 0 Å². The summed E-state index contributed by atoms with van der Waals surface area (Å²) in [6.45, 7) is 6.44. The van der Waals surface area contributed by atoms with Gasteiger partial charge in [0, 0.05) is 30.0 Å². The van der Waals surface area contributed by atoms with E-state index in [1.807, 2.05) is 6.07 Å². The zero-order valence-electron chi connectivity index (χ0n) is 13.2. The van der Waals surface area contributed by atoms with E-state index in [-0.39, 0.29) is 18.1 Å². The van der Waals surface area contributed by atoms with Crippen LogP contribution >= 0.6 is 0 Å². The molecule has 0 spiro atoms. The molecule has 1 aliphatic rings. The average molecular weight is 293 g/mol. The second-order valence-corrected chi connectivity index (χ2v) is 6.83. The van der Waals surface area contributed by atoms with Gasteiger partial charge < -0.3 is 15.8 Å². The number of hydrogen-bond acceptors (Lipinski definition) is 6. The standard InChI is InChI=1S/C15H27N5O/c1-15(2,3)14-18-12(8-13(19-14)20-16)17-11-7-5-4-6-10(11)9-21/h8,10-11,21H,4-7,9,16H2,1-3H3,(H2,17,18,19,20). The molecule has 0 radical (unpaired) electrons. The molecule has 1 aliphatic carbocycles. The molecule has 118 valence electrons. The van der Waals surface area contributed by atoms with Crippen molar-refractivity contribution in [3.05, 3.63) is 11.9 Å². The molecular weight excluding hydrogens is 266 g/mol. The molecule has 6 nitrogen and oxygen atoms in total. The van der Waals surface area contributed by atoms with Gasteiger partial charge in [-0.2, -0.15) is 0 Å². The number of anilines is 2. The van der Waals surface area contributed by atoms with E-state index in [2.05, 4.69) is 41.5 Å². The van der Waals surface area contributed by atoms with Gasteiger partial charge in [-0.05, 0) is 12.8 Å². The molecule has 2 atom stereocenters. The van der Waals surface area contributed by atoms with E-state index in [1.54, 1.807) is 0 Å². The molecule has 21 heavy (non-hydrogen) atoms. The maximum Gasteiger partial charge on any atom is 0.145 e. The van der Waals surface area contributed by atoms with Crippen LogP contribution in [0.15, 0.2) is 6.07 Å². The lowest BCUT2D eigenvalue weighted by Crippen LogP contribution is -2.35. The quantitative estimate of drug-likeness (QED) is 0.501. The molecule has 2 unspecified atom stereocenters. The first-order valence-corrected chi connectivity index (χ1v) is 7.67. The Bertz CT molecular complexity index is 472. The fourth-order valence-electron chi connectivity index (χ4n) is 2.74. The van der Waals surface area contributed by atoms with Gasteiger partial charge in [-0.25, -0.2) is 15.8 Å². The minimum Gasteiger partial charge on any atom is -0.396 e. The van der Waals surface area contributed by atoms with Crippen LogP contribution in [0.3, 0.4) is 0 Å². The van der Waals surface area contributed by atoms with Crippen LogP contribution in [0.5, 0.6) is 0 Å². The second-order valence-electron chi connectivity index (χ2n) is 6.83. The number of aliphatic hydroxyl groups is 1. The third kappa shape index (κ3) is 4.04. The summed E-state index contributed by atoms with van der Waals surface area (Å²) in [6.07, 6.45) is 4.50. The van der Waals surface area contributed by atoms with Gasteiger partial charge in [0.15, 0.2) is 0 Å². The maximum atomic E-state index is 9.52. The van der Waals surface area contributed by atoms with Crippen molar-refractivity contribution in [1.82, 2.24) is 9.97 Å².